The molecular formula is C16H19FO. The molecule has 0 radical (unpaired) electrons. The van der Waals surface area contributed by atoms with E-state index in [1.165, 1.54) is 18.9 Å². The maximum absolute atomic E-state index is 13.8. The van der Waals surface area contributed by atoms with Crippen molar-refractivity contribution in [3.8, 4) is 0 Å². The van der Waals surface area contributed by atoms with Crippen molar-refractivity contribution < 1.29 is 9.18 Å². The third-order valence-electron chi connectivity index (χ3n) is 4.76. The van der Waals surface area contributed by atoms with Crippen LogP contribution in [0.25, 0.3) is 0 Å². The van der Waals surface area contributed by atoms with Crippen molar-refractivity contribution in [1.29, 1.82) is 0 Å². The lowest BCUT2D eigenvalue weighted by Crippen LogP contribution is -2.38. The zero-order valence-electron chi connectivity index (χ0n) is 10.6. The fourth-order valence-electron chi connectivity index (χ4n) is 3.25. The van der Waals surface area contributed by atoms with Crippen LogP contribution in [-0.2, 0) is 0 Å². The minimum Gasteiger partial charge on any atom is -0.294 e. The van der Waals surface area contributed by atoms with Crippen LogP contribution in [0.15, 0.2) is 24.3 Å². The standard InChI is InChI=1S/C16H19FO/c17-14-10-2-1-9-13(14)16(18)15(11-5-3-6-11)12-7-4-8-12/h1-2,9-12,15H,3-8H2. The van der Waals surface area contributed by atoms with E-state index in [9.17, 15) is 9.18 Å². The Bertz CT molecular complexity index is 432. The molecule has 1 aromatic rings. The molecule has 2 aliphatic rings. The van der Waals surface area contributed by atoms with Crippen LogP contribution >= 0.6 is 0 Å². The molecule has 0 spiro atoms. The smallest absolute Gasteiger partial charge is 0.169 e. The van der Waals surface area contributed by atoms with E-state index < -0.39 is 0 Å². The SMILES string of the molecule is O=C(c1ccccc1F)C(C1CCC1)C1CCC1. The van der Waals surface area contributed by atoms with Crippen molar-refractivity contribution in [2.45, 2.75) is 38.5 Å². The topological polar surface area (TPSA) is 17.1 Å². The number of carbonyl (C=O) groups excluding carboxylic acids is 1. The highest BCUT2D eigenvalue weighted by atomic mass is 19.1. The largest absolute Gasteiger partial charge is 0.294 e. The summed E-state index contributed by atoms with van der Waals surface area (Å²) in [4.78, 5) is 12.6. The molecule has 2 heteroatoms. The number of rotatable bonds is 4. The summed E-state index contributed by atoms with van der Waals surface area (Å²) in [5, 5.41) is 0. The molecule has 0 aromatic heterocycles. The maximum atomic E-state index is 13.8. The van der Waals surface area contributed by atoms with Gasteiger partial charge in [-0.2, -0.15) is 0 Å². The van der Waals surface area contributed by atoms with Gasteiger partial charge in [-0.25, -0.2) is 4.39 Å². The van der Waals surface area contributed by atoms with E-state index in [1.807, 2.05) is 0 Å². The van der Waals surface area contributed by atoms with E-state index in [0.717, 1.165) is 25.7 Å². The van der Waals surface area contributed by atoms with Gasteiger partial charge in [0.15, 0.2) is 5.78 Å². The Hall–Kier alpha value is -1.18. The minimum absolute atomic E-state index is 0.0579. The van der Waals surface area contributed by atoms with Gasteiger partial charge in [0.1, 0.15) is 5.82 Å². The Morgan fingerprint density at radius 1 is 1.06 bits per heavy atom. The molecule has 0 saturated heterocycles. The van der Waals surface area contributed by atoms with Crippen molar-refractivity contribution in [3.05, 3.63) is 35.6 Å². The highest BCUT2D eigenvalue weighted by Gasteiger charge is 2.41. The van der Waals surface area contributed by atoms with Gasteiger partial charge in [0, 0.05) is 5.92 Å². The third-order valence-corrected chi connectivity index (χ3v) is 4.76. The summed E-state index contributed by atoms with van der Waals surface area (Å²) < 4.78 is 13.8. The number of ketones is 1. The molecule has 0 N–H and O–H groups in total. The van der Waals surface area contributed by atoms with E-state index >= 15 is 0 Å². The molecule has 1 aromatic carbocycles. The Morgan fingerprint density at radius 3 is 2.06 bits per heavy atom. The lowest BCUT2D eigenvalue weighted by Gasteiger charge is -2.41. The average Bonchev–Trinajstić information content (AvgIpc) is 2.23. The predicted octanol–water partition coefficient (Wildman–Crippen LogP) is 4.22. The fraction of sp³-hybridized carbons (Fsp3) is 0.562. The van der Waals surface area contributed by atoms with Crippen LogP contribution < -0.4 is 0 Å². The number of benzene rings is 1. The zero-order chi connectivity index (χ0) is 12.5. The molecule has 3 rings (SSSR count). The Labute approximate surface area is 107 Å². The molecule has 2 aliphatic carbocycles. The Balaban J connectivity index is 1.85. The summed E-state index contributed by atoms with van der Waals surface area (Å²) in [6.45, 7) is 0. The van der Waals surface area contributed by atoms with Crippen molar-refractivity contribution in [1.82, 2.24) is 0 Å². The van der Waals surface area contributed by atoms with Crippen molar-refractivity contribution in [2.75, 3.05) is 0 Å². The van der Waals surface area contributed by atoms with E-state index in [1.54, 1.807) is 18.2 Å². The van der Waals surface area contributed by atoms with Crippen molar-refractivity contribution >= 4 is 5.78 Å². The molecule has 0 unspecified atom stereocenters. The zero-order valence-corrected chi connectivity index (χ0v) is 10.6. The van der Waals surface area contributed by atoms with Gasteiger partial charge in [0.05, 0.1) is 5.56 Å². The quantitative estimate of drug-likeness (QED) is 0.727. The lowest BCUT2D eigenvalue weighted by atomic mass is 9.62. The molecule has 96 valence electrons. The monoisotopic (exact) mass is 246 g/mol. The first-order valence-corrected chi connectivity index (χ1v) is 7.06. The molecule has 18 heavy (non-hydrogen) atoms. The molecular weight excluding hydrogens is 227 g/mol. The van der Waals surface area contributed by atoms with Crippen molar-refractivity contribution in [2.24, 2.45) is 17.8 Å². The fourth-order valence-corrected chi connectivity index (χ4v) is 3.25. The van der Waals surface area contributed by atoms with E-state index in [-0.39, 0.29) is 17.5 Å². The second-order valence-electron chi connectivity index (χ2n) is 5.75. The number of hydrogen-bond acceptors (Lipinski definition) is 1. The summed E-state index contributed by atoms with van der Waals surface area (Å²) >= 11 is 0. The summed E-state index contributed by atoms with van der Waals surface area (Å²) in [5.41, 5.74) is 0.307. The first-order chi connectivity index (χ1) is 8.77. The maximum Gasteiger partial charge on any atom is 0.169 e. The molecule has 2 fully saturated rings. The summed E-state index contributed by atoms with van der Waals surface area (Å²) in [7, 11) is 0. The average molecular weight is 246 g/mol. The Kier molecular flexibility index (Phi) is 3.19. The highest BCUT2D eigenvalue weighted by molar-refractivity contribution is 5.98. The van der Waals surface area contributed by atoms with Gasteiger partial charge in [0.25, 0.3) is 0 Å². The number of carbonyl (C=O) groups is 1. The van der Waals surface area contributed by atoms with Crippen LogP contribution in [0.4, 0.5) is 4.39 Å². The van der Waals surface area contributed by atoms with E-state index in [0.29, 0.717) is 17.4 Å². The van der Waals surface area contributed by atoms with Crippen LogP contribution in [0.2, 0.25) is 0 Å². The first kappa shape index (κ1) is 11.9. The van der Waals surface area contributed by atoms with Gasteiger partial charge in [0.2, 0.25) is 0 Å². The molecule has 0 aliphatic heterocycles. The Morgan fingerprint density at radius 2 is 1.61 bits per heavy atom. The lowest BCUT2D eigenvalue weighted by molar-refractivity contribution is 0.0574. The number of hydrogen-bond donors (Lipinski definition) is 0. The second-order valence-corrected chi connectivity index (χ2v) is 5.75. The van der Waals surface area contributed by atoms with Gasteiger partial charge in [-0.3, -0.25) is 4.79 Å². The summed E-state index contributed by atoms with van der Waals surface area (Å²) in [5.74, 6) is 0.822. The van der Waals surface area contributed by atoms with Crippen molar-refractivity contribution in [3.63, 3.8) is 0 Å². The molecule has 0 heterocycles. The van der Waals surface area contributed by atoms with Crippen LogP contribution in [0.3, 0.4) is 0 Å². The normalized spacial score (nSPS) is 20.6. The van der Waals surface area contributed by atoms with Gasteiger partial charge in [-0.05, 0) is 49.7 Å². The minimum atomic E-state index is -0.355. The predicted molar refractivity (Wildman–Crippen MR) is 68.9 cm³/mol. The van der Waals surface area contributed by atoms with Crippen LogP contribution in [0.5, 0.6) is 0 Å². The molecule has 2 saturated carbocycles. The van der Waals surface area contributed by atoms with Crippen LogP contribution in [0, 0.1) is 23.6 Å². The molecule has 0 bridgehead atoms. The second kappa shape index (κ2) is 4.83. The molecule has 1 nitrogen and oxygen atoms in total. The van der Waals surface area contributed by atoms with Gasteiger partial charge in [-0.15, -0.1) is 0 Å². The summed E-state index contributed by atoms with van der Waals surface area (Å²) in [6, 6.07) is 6.44. The van der Waals surface area contributed by atoms with E-state index in [4.69, 9.17) is 0 Å². The number of halogens is 1. The molecule has 0 atom stereocenters. The van der Waals surface area contributed by atoms with Crippen LogP contribution in [0.1, 0.15) is 48.9 Å². The number of Topliss-reactive ketones (excluding diaryl/α,β-unsaturated/α-hetero) is 1. The van der Waals surface area contributed by atoms with Gasteiger partial charge >= 0.3 is 0 Å². The van der Waals surface area contributed by atoms with Gasteiger partial charge < -0.3 is 0 Å². The molecule has 0 amide bonds. The summed E-state index contributed by atoms with van der Waals surface area (Å²) in [6.07, 6.45) is 7.09. The van der Waals surface area contributed by atoms with Crippen LogP contribution in [-0.4, -0.2) is 5.78 Å². The first-order valence-electron chi connectivity index (χ1n) is 7.06. The van der Waals surface area contributed by atoms with Gasteiger partial charge in [-0.1, -0.05) is 25.0 Å². The third kappa shape index (κ3) is 1.98. The highest BCUT2D eigenvalue weighted by Crippen LogP contribution is 2.45. The van der Waals surface area contributed by atoms with E-state index in [2.05, 4.69) is 0 Å².